The van der Waals surface area contributed by atoms with E-state index in [4.69, 9.17) is 4.74 Å². The number of nitro benzene ring substituents is 1. The van der Waals surface area contributed by atoms with Gasteiger partial charge in [-0.15, -0.1) is 0 Å². The highest BCUT2D eigenvalue weighted by Crippen LogP contribution is 2.25. The van der Waals surface area contributed by atoms with Gasteiger partial charge in [-0.3, -0.25) is 19.2 Å². The van der Waals surface area contributed by atoms with Crippen molar-refractivity contribution in [1.82, 2.24) is 4.57 Å². The fourth-order valence-electron chi connectivity index (χ4n) is 3.79. The molecule has 0 saturated carbocycles. The number of carbonyl (C=O) groups excluding carboxylic acids is 1. The zero-order valence-corrected chi connectivity index (χ0v) is 21.7. The van der Waals surface area contributed by atoms with Crippen molar-refractivity contribution in [2.24, 2.45) is 4.99 Å². The van der Waals surface area contributed by atoms with Crippen molar-refractivity contribution in [3.05, 3.63) is 93.3 Å². The van der Waals surface area contributed by atoms with Gasteiger partial charge in [-0.05, 0) is 49.4 Å². The van der Waals surface area contributed by atoms with Crippen LogP contribution in [-0.2, 0) is 21.3 Å². The Balaban J connectivity index is 1.68. The lowest BCUT2D eigenvalue weighted by atomic mass is 10.2. The Morgan fingerprint density at radius 3 is 2.43 bits per heavy atom. The molecular formula is C25H24N4O6S2. The second-order valence-electron chi connectivity index (χ2n) is 7.88. The maximum Gasteiger partial charge on any atom is 0.279 e. The molecule has 37 heavy (non-hydrogen) atoms. The third kappa shape index (κ3) is 5.45. The number of thiazole rings is 1. The monoisotopic (exact) mass is 540 g/mol. The van der Waals surface area contributed by atoms with Gasteiger partial charge in [0.05, 0.1) is 32.3 Å². The summed E-state index contributed by atoms with van der Waals surface area (Å²) in [6.07, 6.45) is 0. The Labute approximate surface area is 217 Å². The second kappa shape index (κ2) is 11.0. The number of para-hydroxylation sites is 1. The highest BCUT2D eigenvalue weighted by molar-refractivity contribution is 7.92. The van der Waals surface area contributed by atoms with E-state index in [1.807, 2.05) is 6.07 Å². The van der Waals surface area contributed by atoms with E-state index in [1.54, 1.807) is 41.8 Å². The third-order valence-electron chi connectivity index (χ3n) is 5.61. The number of rotatable bonds is 9. The van der Waals surface area contributed by atoms with Crippen LogP contribution in [-0.4, -0.2) is 44.1 Å². The topological polar surface area (TPSA) is 124 Å². The standard InChI is InChI=1S/C25H24N4O6S2/c1-3-28(19-7-5-4-6-8-19)37(33,34)21-12-9-18(10-13-21)24(30)26-25-27(15-16-35-2)22-17-20(29(31)32)11-14-23(22)36-25/h4-14,17H,3,15-16H2,1-2H3. The Kier molecular flexibility index (Phi) is 7.81. The van der Waals surface area contributed by atoms with Gasteiger partial charge in [0.2, 0.25) is 0 Å². The number of hydrogen-bond donors (Lipinski definition) is 0. The molecule has 0 aliphatic rings. The van der Waals surface area contributed by atoms with Crippen LogP contribution in [0.25, 0.3) is 10.2 Å². The van der Waals surface area contributed by atoms with Gasteiger partial charge in [0, 0.05) is 37.9 Å². The number of benzene rings is 3. The van der Waals surface area contributed by atoms with Crippen LogP contribution in [0.1, 0.15) is 17.3 Å². The van der Waals surface area contributed by atoms with Gasteiger partial charge >= 0.3 is 0 Å². The summed E-state index contributed by atoms with van der Waals surface area (Å²) in [7, 11) is -2.30. The first-order chi connectivity index (χ1) is 17.8. The summed E-state index contributed by atoms with van der Waals surface area (Å²) in [6.45, 7) is 2.65. The minimum Gasteiger partial charge on any atom is -0.383 e. The molecule has 0 spiro atoms. The molecule has 0 N–H and O–H groups in total. The average molecular weight is 541 g/mol. The Bertz CT molecular complexity index is 1610. The molecular weight excluding hydrogens is 516 g/mol. The van der Waals surface area contributed by atoms with E-state index in [0.29, 0.717) is 29.2 Å². The fraction of sp³-hybridized carbons (Fsp3) is 0.200. The molecule has 0 aliphatic heterocycles. The third-order valence-corrected chi connectivity index (χ3v) is 8.59. The highest BCUT2D eigenvalue weighted by atomic mass is 32.2. The zero-order valence-electron chi connectivity index (χ0n) is 20.1. The first-order valence-electron chi connectivity index (χ1n) is 11.3. The summed E-state index contributed by atoms with van der Waals surface area (Å²) in [5, 5.41) is 11.2. The molecule has 0 bridgehead atoms. The average Bonchev–Trinajstić information content (AvgIpc) is 3.24. The number of sulfonamides is 1. The lowest BCUT2D eigenvalue weighted by molar-refractivity contribution is -0.384. The first kappa shape index (κ1) is 26.2. The van der Waals surface area contributed by atoms with Crippen LogP contribution < -0.4 is 9.11 Å². The molecule has 0 saturated heterocycles. The van der Waals surface area contributed by atoms with Crippen molar-refractivity contribution in [2.75, 3.05) is 24.6 Å². The number of nitrogens with zero attached hydrogens (tertiary/aromatic N) is 4. The molecule has 0 aliphatic carbocycles. The van der Waals surface area contributed by atoms with Gasteiger partial charge < -0.3 is 9.30 Å². The zero-order chi connectivity index (χ0) is 26.6. The second-order valence-corrected chi connectivity index (χ2v) is 10.8. The Hall–Kier alpha value is -3.87. The SMILES string of the molecule is CCN(c1ccccc1)S(=O)(=O)c1ccc(C(=O)N=c2sc3ccc([N+](=O)[O-])cc3n2CCOC)cc1. The van der Waals surface area contributed by atoms with Crippen LogP contribution in [0, 0.1) is 10.1 Å². The summed E-state index contributed by atoms with van der Waals surface area (Å²) in [4.78, 5) is 28.4. The summed E-state index contributed by atoms with van der Waals surface area (Å²) in [6, 6.07) is 18.9. The molecule has 0 atom stereocenters. The van der Waals surface area contributed by atoms with Gasteiger partial charge in [-0.25, -0.2) is 8.42 Å². The number of carbonyl (C=O) groups is 1. The molecule has 0 radical (unpaired) electrons. The maximum atomic E-state index is 13.2. The highest BCUT2D eigenvalue weighted by Gasteiger charge is 2.23. The molecule has 0 unspecified atom stereocenters. The van der Waals surface area contributed by atoms with Crippen LogP contribution in [0.5, 0.6) is 0 Å². The van der Waals surface area contributed by atoms with Crippen molar-refractivity contribution in [3.63, 3.8) is 0 Å². The quantitative estimate of drug-likeness (QED) is 0.231. The molecule has 12 heteroatoms. The van der Waals surface area contributed by atoms with E-state index < -0.39 is 20.9 Å². The van der Waals surface area contributed by atoms with Crippen LogP contribution in [0.2, 0.25) is 0 Å². The molecule has 4 aromatic rings. The van der Waals surface area contributed by atoms with Crippen LogP contribution in [0.3, 0.4) is 0 Å². The number of anilines is 1. The van der Waals surface area contributed by atoms with Crippen molar-refractivity contribution in [2.45, 2.75) is 18.4 Å². The van der Waals surface area contributed by atoms with E-state index in [0.717, 1.165) is 4.70 Å². The van der Waals surface area contributed by atoms with Gasteiger partial charge in [0.25, 0.3) is 21.6 Å². The van der Waals surface area contributed by atoms with Crippen molar-refractivity contribution in [1.29, 1.82) is 0 Å². The van der Waals surface area contributed by atoms with Gasteiger partial charge in [-0.1, -0.05) is 29.5 Å². The normalized spacial score (nSPS) is 12.1. The largest absolute Gasteiger partial charge is 0.383 e. The number of hydrogen-bond acceptors (Lipinski definition) is 7. The van der Waals surface area contributed by atoms with Gasteiger partial charge in [0.15, 0.2) is 4.80 Å². The predicted molar refractivity (Wildman–Crippen MR) is 141 cm³/mol. The fourth-order valence-corrected chi connectivity index (χ4v) is 6.30. The van der Waals surface area contributed by atoms with Crippen molar-refractivity contribution < 1.29 is 22.9 Å². The van der Waals surface area contributed by atoms with Crippen LogP contribution in [0.15, 0.2) is 82.7 Å². The van der Waals surface area contributed by atoms with Gasteiger partial charge in [-0.2, -0.15) is 4.99 Å². The number of nitro groups is 1. The van der Waals surface area contributed by atoms with Crippen LogP contribution >= 0.6 is 11.3 Å². The lowest BCUT2D eigenvalue weighted by Crippen LogP contribution is -2.30. The minimum absolute atomic E-state index is 0.0547. The summed E-state index contributed by atoms with van der Waals surface area (Å²) < 4.78 is 35.3. The number of non-ortho nitro benzene ring substituents is 1. The number of methoxy groups -OCH3 is 1. The van der Waals surface area contributed by atoms with E-state index in [-0.39, 0.29) is 22.7 Å². The Morgan fingerprint density at radius 2 is 1.81 bits per heavy atom. The summed E-state index contributed by atoms with van der Waals surface area (Å²) in [5.41, 5.74) is 1.27. The van der Waals surface area contributed by atoms with E-state index >= 15 is 0 Å². The molecule has 1 amide bonds. The molecule has 4 rings (SSSR count). The molecule has 0 fully saturated rings. The molecule has 1 aromatic heterocycles. The number of ether oxygens (including phenoxy) is 1. The van der Waals surface area contributed by atoms with Crippen LogP contribution in [0.4, 0.5) is 11.4 Å². The summed E-state index contributed by atoms with van der Waals surface area (Å²) >= 11 is 1.22. The first-order valence-corrected chi connectivity index (χ1v) is 13.6. The minimum atomic E-state index is -3.83. The number of fused-ring (bicyclic) bond motifs is 1. The van der Waals surface area contributed by atoms with Crippen molar-refractivity contribution in [3.8, 4) is 0 Å². The summed E-state index contributed by atoms with van der Waals surface area (Å²) in [5.74, 6) is -0.563. The molecule has 3 aromatic carbocycles. The number of amides is 1. The maximum absolute atomic E-state index is 13.2. The molecule has 192 valence electrons. The van der Waals surface area contributed by atoms with E-state index in [1.165, 1.54) is 59.2 Å². The lowest BCUT2D eigenvalue weighted by Gasteiger charge is -2.22. The Morgan fingerprint density at radius 1 is 1.11 bits per heavy atom. The van der Waals surface area contributed by atoms with Crippen molar-refractivity contribution >= 4 is 48.9 Å². The van der Waals surface area contributed by atoms with E-state index in [2.05, 4.69) is 4.99 Å². The molecule has 10 nitrogen and oxygen atoms in total. The van der Waals surface area contributed by atoms with Gasteiger partial charge in [0.1, 0.15) is 0 Å². The smallest absolute Gasteiger partial charge is 0.279 e. The molecule has 1 heterocycles. The number of aromatic nitrogens is 1. The van der Waals surface area contributed by atoms with E-state index in [9.17, 15) is 23.3 Å². The predicted octanol–water partition coefficient (Wildman–Crippen LogP) is 4.21.